The largest absolute Gasteiger partial charge is 0.391 e. The van der Waals surface area contributed by atoms with Crippen molar-refractivity contribution in [3.63, 3.8) is 0 Å². The highest BCUT2D eigenvalue weighted by atomic mass is 16.3. The Kier molecular flexibility index (Phi) is 12.8. The highest BCUT2D eigenvalue weighted by Gasteiger charge is 2.18. The topological polar surface area (TPSA) is 32.3 Å². The summed E-state index contributed by atoms with van der Waals surface area (Å²) in [7, 11) is 0. The van der Waals surface area contributed by atoms with Crippen LogP contribution in [0.1, 0.15) is 48.0 Å². The van der Waals surface area contributed by atoms with Crippen LogP contribution in [0.2, 0.25) is 0 Å². The van der Waals surface area contributed by atoms with Gasteiger partial charge in [-0.2, -0.15) is 0 Å². The van der Waals surface area contributed by atoms with Gasteiger partial charge in [-0.15, -0.1) is 0 Å². The molecule has 2 unspecified atom stereocenters. The van der Waals surface area contributed by atoms with Crippen LogP contribution in [-0.4, -0.2) is 24.3 Å². The summed E-state index contributed by atoms with van der Waals surface area (Å²) in [6.07, 6.45) is 1.21. The van der Waals surface area contributed by atoms with E-state index in [1.165, 1.54) is 6.42 Å². The molecular formula is C12H29NO. The molecule has 0 aromatic rings. The first kappa shape index (κ1) is 16.4. The summed E-state index contributed by atoms with van der Waals surface area (Å²) in [6, 6.07) is 0. The third kappa shape index (κ3) is 10.0. The maximum absolute atomic E-state index is 8.94. The van der Waals surface area contributed by atoms with Crippen molar-refractivity contribution >= 4 is 0 Å². The third-order valence-corrected chi connectivity index (χ3v) is 2.29. The Morgan fingerprint density at radius 3 is 1.79 bits per heavy atom. The summed E-state index contributed by atoms with van der Waals surface area (Å²) in [5.41, 5.74) is 0. The van der Waals surface area contributed by atoms with Gasteiger partial charge in [-0.1, -0.05) is 48.0 Å². The van der Waals surface area contributed by atoms with Crippen molar-refractivity contribution < 1.29 is 5.11 Å². The van der Waals surface area contributed by atoms with Crippen LogP contribution in [0.25, 0.3) is 0 Å². The van der Waals surface area contributed by atoms with Crippen molar-refractivity contribution in [1.82, 2.24) is 5.32 Å². The molecule has 2 N–H and O–H groups in total. The predicted octanol–water partition coefficient (Wildman–Crippen LogP) is 2.67. The lowest BCUT2D eigenvalue weighted by Gasteiger charge is -2.02. The maximum atomic E-state index is 8.94. The van der Waals surface area contributed by atoms with Gasteiger partial charge in [0.05, 0.1) is 6.10 Å². The minimum atomic E-state index is -0.0972. The van der Waals surface area contributed by atoms with Gasteiger partial charge in [0.15, 0.2) is 0 Å². The molecule has 0 aromatic heterocycles. The van der Waals surface area contributed by atoms with E-state index >= 15 is 0 Å². The summed E-state index contributed by atoms with van der Waals surface area (Å²) < 4.78 is 0. The number of aliphatic hydroxyl groups is 1. The van der Waals surface area contributed by atoms with Crippen molar-refractivity contribution in [3.8, 4) is 0 Å². The molecule has 1 heterocycles. The van der Waals surface area contributed by atoms with Crippen LogP contribution in [0.3, 0.4) is 0 Å². The molecule has 1 aliphatic rings. The molecule has 1 saturated heterocycles. The molecule has 0 radical (unpaired) electrons. The SMILES string of the molecule is CC.CC1CNCC1O.CCC(C)C. The molecule has 0 aliphatic carbocycles. The van der Waals surface area contributed by atoms with E-state index < -0.39 is 0 Å². The smallest absolute Gasteiger partial charge is 0.0702 e. The molecule has 2 heteroatoms. The van der Waals surface area contributed by atoms with E-state index in [0.29, 0.717) is 5.92 Å². The fourth-order valence-electron chi connectivity index (χ4n) is 0.796. The summed E-state index contributed by atoms with van der Waals surface area (Å²) in [6.45, 7) is 14.4. The first-order valence-corrected chi connectivity index (χ1v) is 5.96. The minimum Gasteiger partial charge on any atom is -0.391 e. The zero-order valence-electron chi connectivity index (χ0n) is 10.8. The second kappa shape index (κ2) is 11.0. The Hall–Kier alpha value is -0.0800. The monoisotopic (exact) mass is 203 g/mol. The highest BCUT2D eigenvalue weighted by Crippen LogP contribution is 2.05. The zero-order chi connectivity index (χ0) is 11.6. The molecule has 88 valence electrons. The standard InChI is InChI=1S/C5H11NO.C5H12.C2H6/c1-4-2-6-3-5(4)7;1-4-5(2)3;1-2/h4-7H,2-3H2,1H3;5H,4H2,1-3H3;1-2H3. The average Bonchev–Trinajstić information content (AvgIpc) is 2.55. The van der Waals surface area contributed by atoms with Gasteiger partial charge >= 0.3 is 0 Å². The van der Waals surface area contributed by atoms with Gasteiger partial charge in [0.25, 0.3) is 0 Å². The lowest BCUT2D eigenvalue weighted by Crippen LogP contribution is -2.14. The fraction of sp³-hybridized carbons (Fsp3) is 1.00. The molecule has 0 bridgehead atoms. The van der Waals surface area contributed by atoms with Crippen LogP contribution in [0.4, 0.5) is 0 Å². The van der Waals surface area contributed by atoms with Crippen molar-refractivity contribution in [2.24, 2.45) is 11.8 Å². The Labute approximate surface area is 90.1 Å². The van der Waals surface area contributed by atoms with Gasteiger partial charge in [0.1, 0.15) is 0 Å². The Morgan fingerprint density at radius 1 is 1.29 bits per heavy atom. The third-order valence-electron chi connectivity index (χ3n) is 2.29. The molecule has 1 rings (SSSR count). The molecule has 2 nitrogen and oxygen atoms in total. The van der Waals surface area contributed by atoms with Crippen molar-refractivity contribution in [3.05, 3.63) is 0 Å². The van der Waals surface area contributed by atoms with E-state index in [9.17, 15) is 0 Å². The number of β-amino-alcohol motifs (C(OH)–C–C–N with tert-alkyl or cyclic N) is 1. The number of rotatable bonds is 1. The number of nitrogens with one attached hydrogen (secondary N) is 1. The van der Waals surface area contributed by atoms with Crippen LogP contribution in [0.15, 0.2) is 0 Å². The van der Waals surface area contributed by atoms with Crippen LogP contribution in [0.5, 0.6) is 0 Å². The summed E-state index contributed by atoms with van der Waals surface area (Å²) in [5.74, 6) is 1.34. The maximum Gasteiger partial charge on any atom is 0.0702 e. The van der Waals surface area contributed by atoms with Gasteiger partial charge < -0.3 is 10.4 Å². The summed E-state index contributed by atoms with van der Waals surface area (Å²) in [5, 5.41) is 12.0. The molecule has 1 aliphatic heterocycles. The molecule has 0 saturated carbocycles. The molecular weight excluding hydrogens is 174 g/mol. The Morgan fingerprint density at radius 2 is 1.71 bits per heavy atom. The Balaban J connectivity index is 0. The van der Waals surface area contributed by atoms with Gasteiger partial charge in [-0.3, -0.25) is 0 Å². The van der Waals surface area contributed by atoms with E-state index in [2.05, 4.69) is 26.1 Å². The minimum absolute atomic E-state index is 0.0972. The van der Waals surface area contributed by atoms with Gasteiger partial charge in [-0.25, -0.2) is 0 Å². The van der Waals surface area contributed by atoms with Crippen molar-refractivity contribution in [2.75, 3.05) is 13.1 Å². The molecule has 14 heavy (non-hydrogen) atoms. The van der Waals surface area contributed by atoms with E-state index in [1.54, 1.807) is 0 Å². The molecule has 0 amide bonds. The summed E-state index contributed by atoms with van der Waals surface area (Å²) >= 11 is 0. The number of hydrogen-bond donors (Lipinski definition) is 2. The number of hydrogen-bond acceptors (Lipinski definition) is 2. The molecule has 0 spiro atoms. The lowest BCUT2D eigenvalue weighted by atomic mass is 10.1. The van der Waals surface area contributed by atoms with Gasteiger partial charge in [0, 0.05) is 13.1 Å². The molecule has 2 atom stereocenters. The van der Waals surface area contributed by atoms with Crippen LogP contribution < -0.4 is 5.32 Å². The van der Waals surface area contributed by atoms with Gasteiger partial charge in [0.2, 0.25) is 0 Å². The number of aliphatic hydroxyl groups excluding tert-OH is 1. The quantitative estimate of drug-likeness (QED) is 0.687. The van der Waals surface area contributed by atoms with Crippen LogP contribution >= 0.6 is 0 Å². The first-order chi connectivity index (χ1) is 6.57. The second-order valence-corrected chi connectivity index (χ2v) is 4.00. The summed E-state index contributed by atoms with van der Waals surface area (Å²) in [4.78, 5) is 0. The first-order valence-electron chi connectivity index (χ1n) is 5.96. The molecule has 1 fully saturated rings. The zero-order valence-corrected chi connectivity index (χ0v) is 10.8. The van der Waals surface area contributed by atoms with E-state index in [-0.39, 0.29) is 6.10 Å². The lowest BCUT2D eigenvalue weighted by molar-refractivity contribution is 0.156. The Bertz CT molecular complexity index is 96.5. The average molecular weight is 203 g/mol. The normalized spacial score (nSPS) is 24.9. The van der Waals surface area contributed by atoms with Crippen LogP contribution in [-0.2, 0) is 0 Å². The van der Waals surface area contributed by atoms with Gasteiger partial charge in [-0.05, 0) is 11.8 Å². The second-order valence-electron chi connectivity index (χ2n) is 4.00. The van der Waals surface area contributed by atoms with Crippen LogP contribution in [0, 0.1) is 11.8 Å². The van der Waals surface area contributed by atoms with E-state index in [0.717, 1.165) is 19.0 Å². The molecule has 0 aromatic carbocycles. The highest BCUT2D eigenvalue weighted by molar-refractivity contribution is 4.75. The van der Waals surface area contributed by atoms with Crippen molar-refractivity contribution in [2.45, 2.75) is 54.1 Å². The van der Waals surface area contributed by atoms with E-state index in [1.807, 2.05) is 20.8 Å². The fourth-order valence-corrected chi connectivity index (χ4v) is 0.796. The van der Waals surface area contributed by atoms with Crippen molar-refractivity contribution in [1.29, 1.82) is 0 Å². The predicted molar refractivity (Wildman–Crippen MR) is 64.5 cm³/mol. The van der Waals surface area contributed by atoms with E-state index in [4.69, 9.17) is 5.11 Å².